The summed E-state index contributed by atoms with van der Waals surface area (Å²) in [4.78, 5) is 4.16. The lowest BCUT2D eigenvalue weighted by atomic mass is 10.6. The van der Waals surface area contributed by atoms with Crippen molar-refractivity contribution in [3.63, 3.8) is 0 Å². The second-order valence-electron chi connectivity index (χ2n) is 2.21. The molecular weight excluding hydrogens is 136 g/mol. The quantitative estimate of drug-likeness (QED) is 0.514. The van der Waals surface area contributed by atoms with Crippen LogP contribution in [0.5, 0.6) is 0 Å². The molecule has 0 amide bonds. The first-order chi connectivity index (χ1) is 4.24. The Morgan fingerprint density at radius 3 is 2.67 bits per heavy atom. The van der Waals surface area contributed by atoms with Gasteiger partial charge in [0.1, 0.15) is 5.16 Å². The van der Waals surface area contributed by atoms with E-state index in [1.807, 2.05) is 13.2 Å². The van der Waals surface area contributed by atoms with E-state index in [1.165, 1.54) is 0 Å². The lowest BCUT2D eigenvalue weighted by Gasteiger charge is -2.16. The summed E-state index contributed by atoms with van der Waals surface area (Å²) in [5.41, 5.74) is 0. The fourth-order valence-electron chi connectivity index (χ4n) is 0.892. The topological polar surface area (TPSA) is 6.48 Å². The largest absolute Gasteiger partial charge is 0.360 e. The molecule has 0 spiro atoms. The molecule has 1 aliphatic heterocycles. The van der Waals surface area contributed by atoms with Gasteiger partial charge >= 0.3 is 0 Å². The second kappa shape index (κ2) is 2.48. The van der Waals surface area contributed by atoms with Gasteiger partial charge < -0.3 is 9.80 Å². The molecule has 9 heavy (non-hydrogen) atoms. The first kappa shape index (κ1) is 6.75. The minimum absolute atomic E-state index is 0.847. The highest BCUT2D eigenvalue weighted by molar-refractivity contribution is 6.29. The molecule has 1 aliphatic rings. The van der Waals surface area contributed by atoms with Crippen molar-refractivity contribution in [2.75, 3.05) is 20.3 Å². The van der Waals surface area contributed by atoms with E-state index in [0.717, 1.165) is 18.4 Å². The van der Waals surface area contributed by atoms with Crippen LogP contribution >= 0.6 is 11.6 Å². The summed E-state index contributed by atoms with van der Waals surface area (Å²) < 4.78 is 0. The zero-order valence-corrected chi connectivity index (χ0v) is 6.52. The first-order valence-electron chi connectivity index (χ1n) is 3.06. The van der Waals surface area contributed by atoms with Gasteiger partial charge in [0.15, 0.2) is 0 Å². The molecule has 1 rings (SSSR count). The lowest BCUT2D eigenvalue weighted by molar-refractivity contribution is 0.303. The van der Waals surface area contributed by atoms with Crippen LogP contribution < -0.4 is 0 Å². The molecule has 0 saturated carbocycles. The molecule has 0 fully saturated rings. The molecule has 0 bridgehead atoms. The molecular formula is C6H11ClN2. The van der Waals surface area contributed by atoms with Crippen molar-refractivity contribution < 1.29 is 0 Å². The monoisotopic (exact) mass is 146 g/mol. The predicted octanol–water partition coefficient (Wildman–Crippen LogP) is 1.25. The van der Waals surface area contributed by atoms with Crippen LogP contribution in [0.2, 0.25) is 0 Å². The molecule has 0 N–H and O–H groups in total. The van der Waals surface area contributed by atoms with E-state index in [-0.39, 0.29) is 0 Å². The third-order valence-electron chi connectivity index (χ3n) is 1.40. The van der Waals surface area contributed by atoms with Crippen molar-refractivity contribution in [3.05, 3.63) is 11.4 Å². The average molecular weight is 147 g/mol. The molecule has 0 aromatic carbocycles. The smallest absolute Gasteiger partial charge is 0.122 e. The van der Waals surface area contributed by atoms with Crippen molar-refractivity contribution in [2.24, 2.45) is 0 Å². The number of hydrogen-bond donors (Lipinski definition) is 0. The zero-order valence-electron chi connectivity index (χ0n) is 5.76. The minimum Gasteiger partial charge on any atom is -0.360 e. The Morgan fingerprint density at radius 1 is 1.78 bits per heavy atom. The van der Waals surface area contributed by atoms with Crippen molar-refractivity contribution in [2.45, 2.75) is 6.92 Å². The maximum absolute atomic E-state index is 5.82. The van der Waals surface area contributed by atoms with Gasteiger partial charge in [-0.05, 0) is 6.92 Å². The lowest BCUT2D eigenvalue weighted by Crippen LogP contribution is -2.23. The molecule has 0 aliphatic carbocycles. The van der Waals surface area contributed by atoms with Gasteiger partial charge in [0.05, 0.1) is 6.67 Å². The highest BCUT2D eigenvalue weighted by Gasteiger charge is 2.13. The molecule has 0 radical (unpaired) electrons. The fraction of sp³-hybridized carbons (Fsp3) is 0.667. The van der Waals surface area contributed by atoms with E-state index in [9.17, 15) is 0 Å². The van der Waals surface area contributed by atoms with Gasteiger partial charge in [0.25, 0.3) is 0 Å². The first-order valence-corrected chi connectivity index (χ1v) is 3.44. The maximum atomic E-state index is 5.82. The molecule has 0 aromatic rings. The SMILES string of the molecule is CCN1CN(C)C=C1Cl. The van der Waals surface area contributed by atoms with Crippen molar-refractivity contribution in [3.8, 4) is 0 Å². The Kier molecular flexibility index (Phi) is 1.86. The summed E-state index contributed by atoms with van der Waals surface area (Å²) in [5.74, 6) is 0. The highest BCUT2D eigenvalue weighted by Crippen LogP contribution is 2.16. The molecule has 0 atom stereocenters. The molecule has 0 unspecified atom stereocenters. The normalized spacial score (nSPS) is 18.8. The molecule has 1 heterocycles. The molecule has 52 valence electrons. The van der Waals surface area contributed by atoms with Crippen LogP contribution in [-0.4, -0.2) is 30.1 Å². The van der Waals surface area contributed by atoms with Crippen molar-refractivity contribution in [1.29, 1.82) is 0 Å². The van der Waals surface area contributed by atoms with Crippen LogP contribution in [0.25, 0.3) is 0 Å². The van der Waals surface area contributed by atoms with Crippen LogP contribution in [0.4, 0.5) is 0 Å². The fourth-order valence-corrected chi connectivity index (χ4v) is 1.23. The number of hydrogen-bond acceptors (Lipinski definition) is 2. The Morgan fingerprint density at radius 2 is 2.44 bits per heavy atom. The Labute approximate surface area is 60.7 Å². The number of halogens is 1. The Balaban J connectivity index is 2.53. The Bertz CT molecular complexity index is 133. The van der Waals surface area contributed by atoms with Crippen LogP contribution in [0, 0.1) is 0 Å². The van der Waals surface area contributed by atoms with Crippen LogP contribution in [0.1, 0.15) is 6.92 Å². The number of nitrogens with zero attached hydrogens (tertiary/aromatic N) is 2. The van der Waals surface area contributed by atoms with Gasteiger partial charge in [0, 0.05) is 19.8 Å². The summed E-state index contributed by atoms with van der Waals surface area (Å²) in [6.07, 6.45) is 1.94. The van der Waals surface area contributed by atoms with Gasteiger partial charge in [0.2, 0.25) is 0 Å². The van der Waals surface area contributed by atoms with Crippen molar-refractivity contribution >= 4 is 11.6 Å². The van der Waals surface area contributed by atoms with Crippen molar-refractivity contribution in [1.82, 2.24) is 9.80 Å². The highest BCUT2D eigenvalue weighted by atomic mass is 35.5. The van der Waals surface area contributed by atoms with Gasteiger partial charge in [-0.3, -0.25) is 0 Å². The summed E-state index contributed by atoms with van der Waals surface area (Å²) >= 11 is 5.82. The standard InChI is InChI=1S/C6H11ClN2/c1-3-9-5-8(2)4-6(9)7/h4H,3,5H2,1-2H3. The predicted molar refractivity (Wildman–Crippen MR) is 38.9 cm³/mol. The van der Waals surface area contributed by atoms with Gasteiger partial charge in [-0.15, -0.1) is 0 Å². The summed E-state index contributed by atoms with van der Waals surface area (Å²) in [6.45, 7) is 4.00. The van der Waals surface area contributed by atoms with E-state index in [4.69, 9.17) is 11.6 Å². The minimum atomic E-state index is 0.847. The average Bonchev–Trinajstić information content (AvgIpc) is 2.10. The third-order valence-corrected chi connectivity index (χ3v) is 1.74. The maximum Gasteiger partial charge on any atom is 0.122 e. The summed E-state index contributed by atoms with van der Waals surface area (Å²) in [7, 11) is 2.01. The van der Waals surface area contributed by atoms with Crippen LogP contribution in [0.3, 0.4) is 0 Å². The van der Waals surface area contributed by atoms with Gasteiger partial charge in [-0.25, -0.2) is 0 Å². The zero-order chi connectivity index (χ0) is 6.85. The van der Waals surface area contributed by atoms with Crippen LogP contribution in [-0.2, 0) is 0 Å². The van der Waals surface area contributed by atoms with Crippen LogP contribution in [0.15, 0.2) is 11.4 Å². The van der Waals surface area contributed by atoms with E-state index in [2.05, 4.69) is 16.7 Å². The molecule has 3 heteroatoms. The summed E-state index contributed by atoms with van der Waals surface area (Å²) in [6, 6.07) is 0. The van der Waals surface area contributed by atoms with Gasteiger partial charge in [-0.1, -0.05) is 11.6 Å². The molecule has 0 aromatic heterocycles. The van der Waals surface area contributed by atoms with E-state index >= 15 is 0 Å². The van der Waals surface area contributed by atoms with E-state index in [0.29, 0.717) is 0 Å². The Hall–Kier alpha value is -0.370. The van der Waals surface area contributed by atoms with E-state index in [1.54, 1.807) is 0 Å². The number of rotatable bonds is 1. The van der Waals surface area contributed by atoms with E-state index < -0.39 is 0 Å². The summed E-state index contributed by atoms with van der Waals surface area (Å²) in [5, 5.41) is 0.847. The second-order valence-corrected chi connectivity index (χ2v) is 2.59. The van der Waals surface area contributed by atoms with Gasteiger partial charge in [-0.2, -0.15) is 0 Å². The third kappa shape index (κ3) is 1.30. The molecule has 0 saturated heterocycles. The molecule has 2 nitrogen and oxygen atoms in total.